The van der Waals surface area contributed by atoms with Crippen molar-refractivity contribution < 1.29 is 23.8 Å². The molecule has 1 heterocycles. The molecule has 0 radical (unpaired) electrons. The molecule has 1 aromatic carbocycles. The Labute approximate surface area is 160 Å². The average molecular weight is 378 g/mol. The third kappa shape index (κ3) is 6.13. The Morgan fingerprint density at radius 3 is 2.48 bits per heavy atom. The number of benzene rings is 1. The summed E-state index contributed by atoms with van der Waals surface area (Å²) in [6, 6.07) is 4.37. The molecule has 1 aliphatic heterocycles. The number of piperidine rings is 1. The molecule has 7 nitrogen and oxygen atoms in total. The molecule has 2 N–H and O–H groups in total. The highest BCUT2D eigenvalue weighted by Gasteiger charge is 2.24. The molecule has 1 atom stereocenters. The number of ether oxygens (including phenoxy) is 3. The Morgan fingerprint density at radius 2 is 1.89 bits per heavy atom. The molecule has 7 heteroatoms. The first-order valence-electron chi connectivity index (χ1n) is 9.38. The number of carbonyl (C=O) groups excluding carboxylic acids is 2. The van der Waals surface area contributed by atoms with Gasteiger partial charge in [0.2, 0.25) is 0 Å². The maximum atomic E-state index is 12.6. The first-order valence-corrected chi connectivity index (χ1v) is 9.38. The summed E-state index contributed by atoms with van der Waals surface area (Å²) in [6.45, 7) is 5.83. The van der Waals surface area contributed by atoms with Crippen molar-refractivity contribution in [2.45, 2.75) is 45.3 Å². The van der Waals surface area contributed by atoms with Crippen LogP contribution in [0.3, 0.4) is 0 Å². The molecule has 27 heavy (non-hydrogen) atoms. The van der Waals surface area contributed by atoms with Gasteiger partial charge in [-0.25, -0.2) is 4.79 Å². The van der Waals surface area contributed by atoms with Crippen molar-refractivity contribution in [2.24, 2.45) is 5.92 Å². The number of hydrogen-bond donors (Lipinski definition) is 2. The van der Waals surface area contributed by atoms with Crippen molar-refractivity contribution in [2.75, 3.05) is 27.3 Å². The Balaban J connectivity index is 2.10. The molecule has 0 aromatic heterocycles. The van der Waals surface area contributed by atoms with Gasteiger partial charge in [0.25, 0.3) is 5.91 Å². The highest BCUT2D eigenvalue weighted by molar-refractivity contribution is 5.97. The number of hydrogen-bond acceptors (Lipinski definition) is 6. The summed E-state index contributed by atoms with van der Waals surface area (Å²) in [5.41, 5.74) is 0.405. The molecule has 0 bridgehead atoms. The highest BCUT2D eigenvalue weighted by atomic mass is 16.5. The summed E-state index contributed by atoms with van der Waals surface area (Å²) < 4.78 is 16.2. The van der Waals surface area contributed by atoms with Gasteiger partial charge >= 0.3 is 5.97 Å². The van der Waals surface area contributed by atoms with E-state index in [0.29, 0.717) is 23.5 Å². The number of amides is 1. The largest absolute Gasteiger partial charge is 0.493 e. The molecule has 1 amide bonds. The lowest BCUT2D eigenvalue weighted by Gasteiger charge is -2.25. The van der Waals surface area contributed by atoms with E-state index in [0.717, 1.165) is 25.9 Å². The van der Waals surface area contributed by atoms with Crippen LogP contribution in [0.5, 0.6) is 11.5 Å². The summed E-state index contributed by atoms with van der Waals surface area (Å²) in [6.07, 6.45) is 2.50. The highest BCUT2D eigenvalue weighted by Crippen LogP contribution is 2.30. The fraction of sp³-hybridized carbons (Fsp3) is 0.600. The van der Waals surface area contributed by atoms with Gasteiger partial charge in [-0.2, -0.15) is 0 Å². The zero-order chi connectivity index (χ0) is 19.8. The summed E-state index contributed by atoms with van der Waals surface area (Å²) >= 11 is 0. The zero-order valence-electron chi connectivity index (χ0n) is 16.5. The molecule has 0 saturated carbocycles. The second-order valence-electron chi connectivity index (χ2n) is 7.11. The number of esters is 1. The van der Waals surface area contributed by atoms with Gasteiger partial charge in [0.1, 0.15) is 12.1 Å². The van der Waals surface area contributed by atoms with Gasteiger partial charge < -0.3 is 24.8 Å². The average Bonchev–Trinajstić information content (AvgIpc) is 2.67. The topological polar surface area (TPSA) is 85.9 Å². The molecular formula is C20H30N2O5. The molecule has 150 valence electrons. The number of rotatable bonds is 8. The van der Waals surface area contributed by atoms with E-state index in [-0.39, 0.29) is 17.9 Å². The fourth-order valence-corrected chi connectivity index (χ4v) is 3.07. The van der Waals surface area contributed by atoms with Gasteiger partial charge in [-0.1, -0.05) is 13.8 Å². The van der Waals surface area contributed by atoms with Crippen LogP contribution in [-0.4, -0.2) is 51.3 Å². The number of methoxy groups -OCH3 is 2. The van der Waals surface area contributed by atoms with Gasteiger partial charge in [-0.15, -0.1) is 0 Å². The Hall–Kier alpha value is -2.28. The van der Waals surface area contributed by atoms with E-state index < -0.39 is 12.0 Å². The van der Waals surface area contributed by atoms with E-state index in [1.807, 2.05) is 13.8 Å². The van der Waals surface area contributed by atoms with E-state index in [1.54, 1.807) is 25.3 Å². The fourth-order valence-electron chi connectivity index (χ4n) is 3.07. The predicted octanol–water partition coefficient (Wildman–Crippen LogP) is 2.14. The van der Waals surface area contributed by atoms with E-state index in [9.17, 15) is 9.59 Å². The third-order valence-corrected chi connectivity index (χ3v) is 4.50. The normalized spacial score (nSPS) is 15.9. The quantitative estimate of drug-likeness (QED) is 0.674. The molecule has 1 saturated heterocycles. The number of carbonyl (C=O) groups is 2. The molecule has 1 unspecified atom stereocenters. The summed E-state index contributed by atoms with van der Waals surface area (Å²) in [5, 5.41) is 6.05. The van der Waals surface area contributed by atoms with Crippen LogP contribution in [0.15, 0.2) is 18.2 Å². The standard InChI is InChI=1S/C20H30N2O5/c1-13(2)11-16(20(24)26-4)22-19(23)14-5-6-17(18(12-14)25-3)27-15-7-9-21-10-8-15/h5-6,12-13,15-16,21H,7-11H2,1-4H3,(H,22,23). The van der Waals surface area contributed by atoms with E-state index in [4.69, 9.17) is 14.2 Å². The predicted molar refractivity (Wildman–Crippen MR) is 102 cm³/mol. The second kappa shape index (κ2) is 10.2. The molecule has 1 aliphatic rings. The van der Waals surface area contributed by atoms with Crippen LogP contribution in [0, 0.1) is 5.92 Å². The molecule has 0 aliphatic carbocycles. The first kappa shape index (κ1) is 21.0. The maximum absolute atomic E-state index is 12.6. The van der Waals surface area contributed by atoms with Crippen molar-refractivity contribution in [1.82, 2.24) is 10.6 Å². The van der Waals surface area contributed by atoms with Crippen LogP contribution in [0.1, 0.15) is 43.5 Å². The molecule has 1 fully saturated rings. The maximum Gasteiger partial charge on any atom is 0.328 e. The molecule has 0 spiro atoms. The van der Waals surface area contributed by atoms with Crippen LogP contribution in [0.2, 0.25) is 0 Å². The summed E-state index contributed by atoms with van der Waals surface area (Å²) in [5.74, 6) is 0.560. The lowest BCUT2D eigenvalue weighted by Crippen LogP contribution is -2.42. The van der Waals surface area contributed by atoms with Crippen molar-refractivity contribution in [1.29, 1.82) is 0 Å². The van der Waals surface area contributed by atoms with Crippen molar-refractivity contribution in [3.8, 4) is 11.5 Å². The Morgan fingerprint density at radius 1 is 1.19 bits per heavy atom. The minimum absolute atomic E-state index is 0.134. The number of nitrogens with one attached hydrogen (secondary N) is 2. The SMILES string of the molecule is COC(=O)C(CC(C)C)NC(=O)c1ccc(OC2CCNCC2)c(OC)c1. The van der Waals surface area contributed by atoms with E-state index >= 15 is 0 Å². The van der Waals surface area contributed by atoms with E-state index in [2.05, 4.69) is 10.6 Å². The van der Waals surface area contributed by atoms with Crippen molar-refractivity contribution in [3.63, 3.8) is 0 Å². The van der Waals surface area contributed by atoms with Crippen LogP contribution in [-0.2, 0) is 9.53 Å². The van der Waals surface area contributed by atoms with Gasteiger partial charge in [0, 0.05) is 5.56 Å². The Bertz CT molecular complexity index is 641. The monoisotopic (exact) mass is 378 g/mol. The van der Waals surface area contributed by atoms with Crippen molar-refractivity contribution in [3.05, 3.63) is 23.8 Å². The van der Waals surface area contributed by atoms with Gasteiger partial charge in [0.05, 0.1) is 14.2 Å². The smallest absolute Gasteiger partial charge is 0.328 e. The molecular weight excluding hydrogens is 348 g/mol. The van der Waals surface area contributed by atoms with Crippen LogP contribution < -0.4 is 20.1 Å². The minimum Gasteiger partial charge on any atom is -0.493 e. The van der Waals surface area contributed by atoms with Gasteiger partial charge in [-0.05, 0) is 56.5 Å². The van der Waals surface area contributed by atoms with Crippen LogP contribution in [0.4, 0.5) is 0 Å². The second-order valence-corrected chi connectivity index (χ2v) is 7.11. The van der Waals surface area contributed by atoms with Crippen LogP contribution in [0.25, 0.3) is 0 Å². The lowest BCUT2D eigenvalue weighted by molar-refractivity contribution is -0.143. The van der Waals surface area contributed by atoms with Crippen LogP contribution >= 0.6 is 0 Å². The van der Waals surface area contributed by atoms with Crippen molar-refractivity contribution >= 4 is 11.9 Å². The lowest BCUT2D eigenvalue weighted by atomic mass is 10.0. The zero-order valence-corrected chi connectivity index (χ0v) is 16.5. The molecule has 1 aromatic rings. The minimum atomic E-state index is -0.681. The van der Waals surface area contributed by atoms with Gasteiger partial charge in [-0.3, -0.25) is 4.79 Å². The summed E-state index contributed by atoms with van der Waals surface area (Å²) in [7, 11) is 2.86. The van der Waals surface area contributed by atoms with Gasteiger partial charge in [0.15, 0.2) is 11.5 Å². The summed E-state index contributed by atoms with van der Waals surface area (Å²) in [4.78, 5) is 24.5. The molecule has 2 rings (SSSR count). The Kier molecular flexibility index (Phi) is 7.91. The first-order chi connectivity index (χ1) is 12.9. The van der Waals surface area contributed by atoms with E-state index in [1.165, 1.54) is 7.11 Å². The third-order valence-electron chi connectivity index (χ3n) is 4.50.